The van der Waals surface area contributed by atoms with E-state index in [-0.39, 0.29) is 12.6 Å². The number of aryl methyl sites for hydroxylation is 1. The first-order valence-corrected chi connectivity index (χ1v) is 8.63. The molecule has 1 aromatic carbocycles. The highest BCUT2D eigenvalue weighted by Crippen LogP contribution is 2.21. The fraction of sp³-hybridized carbons (Fsp3) is 0.500. The van der Waals surface area contributed by atoms with Crippen LogP contribution in [-0.4, -0.2) is 31.9 Å². The molecule has 0 aliphatic carbocycles. The van der Waals surface area contributed by atoms with Gasteiger partial charge in [-0.25, -0.2) is 8.42 Å². The molecule has 1 atom stereocenters. The number of nitrogens with two attached hydrogens (primary N) is 1. The summed E-state index contributed by atoms with van der Waals surface area (Å²) in [5.41, 5.74) is 7.01. The Balaban J connectivity index is 3.23. The van der Waals surface area contributed by atoms with Gasteiger partial charge >= 0.3 is 0 Å². The average molecular weight is 308 g/mol. The molecule has 0 aliphatic rings. The van der Waals surface area contributed by atoms with E-state index in [1.165, 1.54) is 4.31 Å². The van der Waals surface area contributed by atoms with E-state index in [0.29, 0.717) is 11.4 Å². The van der Waals surface area contributed by atoms with Crippen molar-refractivity contribution in [3.05, 3.63) is 29.3 Å². The number of sulfonamides is 1. The van der Waals surface area contributed by atoms with Crippen molar-refractivity contribution in [2.45, 2.75) is 45.1 Å². The molecule has 1 rings (SSSR count). The van der Waals surface area contributed by atoms with Gasteiger partial charge in [0.15, 0.2) is 0 Å². The number of hydrogen-bond acceptors (Lipinski definition) is 3. The van der Waals surface area contributed by atoms with Gasteiger partial charge in [-0.3, -0.25) is 0 Å². The third kappa shape index (κ3) is 4.07. The first-order valence-electron chi connectivity index (χ1n) is 7.19. The van der Waals surface area contributed by atoms with Crippen molar-refractivity contribution in [3.63, 3.8) is 0 Å². The number of nitrogens with zero attached hydrogens (tertiary/aromatic N) is 1. The summed E-state index contributed by atoms with van der Waals surface area (Å²) in [6, 6.07) is 5.03. The van der Waals surface area contributed by atoms with Crippen LogP contribution >= 0.6 is 0 Å². The highest BCUT2D eigenvalue weighted by Gasteiger charge is 2.26. The Kier molecular flexibility index (Phi) is 6.41. The van der Waals surface area contributed by atoms with Crippen LogP contribution in [0.2, 0.25) is 0 Å². The molecule has 0 saturated heterocycles. The van der Waals surface area contributed by atoms with E-state index < -0.39 is 10.0 Å². The molecule has 0 radical (unpaired) electrons. The zero-order valence-electron chi connectivity index (χ0n) is 13.2. The zero-order chi connectivity index (χ0) is 16.0. The van der Waals surface area contributed by atoms with E-state index in [0.717, 1.165) is 17.5 Å². The van der Waals surface area contributed by atoms with Crippen molar-refractivity contribution in [2.75, 3.05) is 13.1 Å². The third-order valence-corrected chi connectivity index (χ3v) is 5.61. The van der Waals surface area contributed by atoms with Gasteiger partial charge in [-0.05, 0) is 44.0 Å². The van der Waals surface area contributed by atoms with Crippen LogP contribution in [0.25, 0.3) is 0 Å². The van der Waals surface area contributed by atoms with E-state index in [2.05, 4.69) is 11.8 Å². The standard InChI is InChI=1S/C16H24N2O2S/c1-5-14(4)18(6-2)21(19,20)16-10-9-15(8-7-11-17)13(3)12-16/h9-10,12,14H,5-6,11,17H2,1-4H3. The van der Waals surface area contributed by atoms with Crippen molar-refractivity contribution < 1.29 is 8.42 Å². The Bertz CT molecular complexity index is 642. The summed E-state index contributed by atoms with van der Waals surface area (Å²) >= 11 is 0. The lowest BCUT2D eigenvalue weighted by atomic mass is 10.1. The minimum absolute atomic E-state index is 0.0167. The Morgan fingerprint density at radius 2 is 2.00 bits per heavy atom. The lowest BCUT2D eigenvalue weighted by Gasteiger charge is -2.26. The van der Waals surface area contributed by atoms with Gasteiger partial charge in [-0.1, -0.05) is 25.7 Å². The van der Waals surface area contributed by atoms with Crippen molar-refractivity contribution >= 4 is 10.0 Å². The largest absolute Gasteiger partial charge is 0.320 e. The van der Waals surface area contributed by atoms with E-state index in [9.17, 15) is 8.42 Å². The van der Waals surface area contributed by atoms with Gasteiger partial charge in [0, 0.05) is 18.2 Å². The summed E-state index contributed by atoms with van der Waals surface area (Å²) in [7, 11) is -3.46. The molecule has 0 bridgehead atoms. The van der Waals surface area contributed by atoms with Crippen LogP contribution in [-0.2, 0) is 10.0 Å². The molecule has 0 amide bonds. The summed E-state index contributed by atoms with van der Waals surface area (Å²) < 4.78 is 27.0. The van der Waals surface area contributed by atoms with Gasteiger partial charge in [0.1, 0.15) is 0 Å². The van der Waals surface area contributed by atoms with Crippen LogP contribution in [0.3, 0.4) is 0 Å². The Labute approximate surface area is 128 Å². The normalized spacial score (nSPS) is 12.9. The van der Waals surface area contributed by atoms with Gasteiger partial charge in [-0.15, -0.1) is 0 Å². The van der Waals surface area contributed by atoms with Gasteiger partial charge in [-0.2, -0.15) is 4.31 Å². The fourth-order valence-electron chi connectivity index (χ4n) is 2.14. The molecule has 0 aliphatic heterocycles. The highest BCUT2D eigenvalue weighted by molar-refractivity contribution is 7.89. The second kappa shape index (κ2) is 7.60. The Morgan fingerprint density at radius 1 is 1.33 bits per heavy atom. The molecule has 1 aromatic rings. The summed E-state index contributed by atoms with van der Waals surface area (Å²) in [5, 5.41) is 0. The van der Waals surface area contributed by atoms with Gasteiger partial charge in [0.2, 0.25) is 10.0 Å². The third-order valence-electron chi connectivity index (χ3n) is 3.52. The second-order valence-electron chi connectivity index (χ2n) is 4.95. The Hall–Kier alpha value is -1.35. The topological polar surface area (TPSA) is 63.4 Å². The summed E-state index contributed by atoms with van der Waals surface area (Å²) in [6.45, 7) is 8.38. The molecular formula is C16H24N2O2S. The van der Waals surface area contributed by atoms with E-state index in [4.69, 9.17) is 5.73 Å². The minimum Gasteiger partial charge on any atom is -0.320 e. The minimum atomic E-state index is -3.46. The molecule has 1 unspecified atom stereocenters. The monoisotopic (exact) mass is 308 g/mol. The van der Waals surface area contributed by atoms with Crippen LogP contribution in [0, 0.1) is 18.8 Å². The van der Waals surface area contributed by atoms with Crippen LogP contribution in [0.1, 0.15) is 38.3 Å². The van der Waals surface area contributed by atoms with Crippen LogP contribution < -0.4 is 5.73 Å². The predicted octanol–water partition coefficient (Wildman–Crippen LogP) is 2.11. The molecule has 116 valence electrons. The van der Waals surface area contributed by atoms with Crippen molar-refractivity contribution in [2.24, 2.45) is 5.73 Å². The fourth-order valence-corrected chi connectivity index (χ4v) is 3.94. The van der Waals surface area contributed by atoms with E-state index >= 15 is 0 Å². The maximum atomic E-state index is 12.7. The quantitative estimate of drug-likeness (QED) is 0.847. The highest BCUT2D eigenvalue weighted by atomic mass is 32.2. The molecule has 0 aromatic heterocycles. The molecule has 0 spiro atoms. The van der Waals surface area contributed by atoms with Crippen LogP contribution in [0.5, 0.6) is 0 Å². The molecule has 0 heterocycles. The second-order valence-corrected chi connectivity index (χ2v) is 6.84. The first-order chi connectivity index (χ1) is 9.88. The summed E-state index contributed by atoms with van der Waals surface area (Å²) in [4.78, 5) is 0.320. The van der Waals surface area contributed by atoms with Crippen molar-refractivity contribution in [3.8, 4) is 11.8 Å². The smallest absolute Gasteiger partial charge is 0.243 e. The molecule has 2 N–H and O–H groups in total. The van der Waals surface area contributed by atoms with E-state index in [1.807, 2.05) is 27.7 Å². The van der Waals surface area contributed by atoms with Gasteiger partial charge < -0.3 is 5.73 Å². The predicted molar refractivity (Wildman–Crippen MR) is 86.4 cm³/mol. The Morgan fingerprint density at radius 3 is 2.48 bits per heavy atom. The summed E-state index contributed by atoms with van der Waals surface area (Å²) in [6.07, 6.45) is 0.784. The maximum Gasteiger partial charge on any atom is 0.243 e. The lowest BCUT2D eigenvalue weighted by Crippen LogP contribution is -2.38. The number of benzene rings is 1. The van der Waals surface area contributed by atoms with Gasteiger partial charge in [0.25, 0.3) is 0 Å². The molecule has 4 nitrogen and oxygen atoms in total. The van der Waals surface area contributed by atoms with Crippen LogP contribution in [0.4, 0.5) is 0 Å². The molecule has 0 saturated carbocycles. The molecule has 0 fully saturated rings. The maximum absolute atomic E-state index is 12.7. The lowest BCUT2D eigenvalue weighted by molar-refractivity contribution is 0.342. The van der Waals surface area contributed by atoms with Crippen molar-refractivity contribution in [1.29, 1.82) is 0 Å². The average Bonchev–Trinajstić information content (AvgIpc) is 2.46. The SMILES string of the molecule is CCC(C)N(CC)S(=O)(=O)c1ccc(C#CCN)c(C)c1. The molecule has 5 heteroatoms. The number of hydrogen-bond donors (Lipinski definition) is 1. The number of rotatable bonds is 5. The van der Waals surface area contributed by atoms with Gasteiger partial charge in [0.05, 0.1) is 11.4 Å². The zero-order valence-corrected chi connectivity index (χ0v) is 14.0. The molecule has 21 heavy (non-hydrogen) atoms. The molecular weight excluding hydrogens is 284 g/mol. The summed E-state index contributed by atoms with van der Waals surface area (Å²) in [5.74, 6) is 5.73. The van der Waals surface area contributed by atoms with Crippen molar-refractivity contribution in [1.82, 2.24) is 4.31 Å². The van der Waals surface area contributed by atoms with Crippen LogP contribution in [0.15, 0.2) is 23.1 Å². The van der Waals surface area contributed by atoms with E-state index in [1.54, 1.807) is 18.2 Å². The first kappa shape index (κ1) is 17.7.